The lowest BCUT2D eigenvalue weighted by Crippen LogP contribution is -2.73. The fourth-order valence-electron chi connectivity index (χ4n) is 20.9. The van der Waals surface area contributed by atoms with E-state index in [1.807, 2.05) is 0 Å². The summed E-state index contributed by atoms with van der Waals surface area (Å²) in [6.07, 6.45) is 26.0. The first-order valence-electron chi connectivity index (χ1n) is 31.5. The van der Waals surface area contributed by atoms with Crippen LogP contribution in [0.5, 0.6) is 0 Å². The maximum Gasteiger partial charge on any atom is 0.0500 e. The van der Waals surface area contributed by atoms with Gasteiger partial charge in [0.1, 0.15) is 0 Å². The number of benzene rings is 6. The minimum Gasteiger partial charge on any atom is -0.361 e. The fourth-order valence-corrected chi connectivity index (χ4v) is 22.2. The van der Waals surface area contributed by atoms with Gasteiger partial charge in [-0.1, -0.05) is 148 Å². The molecule has 5 heteroatoms. The minimum atomic E-state index is 0.507. The van der Waals surface area contributed by atoms with Gasteiger partial charge < -0.3 is 19.6 Å². The van der Waals surface area contributed by atoms with Gasteiger partial charge in [0.05, 0.1) is 24.2 Å². The zero-order chi connectivity index (χ0) is 50.6. The highest BCUT2D eigenvalue weighted by atomic mass is 32.1. The van der Waals surface area contributed by atoms with E-state index in [0.29, 0.717) is 54.3 Å². The Bertz CT molecular complexity index is 3110. The Balaban J connectivity index is 0.866. The number of anilines is 4. The Morgan fingerprint density at radius 2 is 0.623 bits per heavy atom. The molecular formula is C72H82N4S. The zero-order valence-corrected chi connectivity index (χ0v) is 46.4. The molecule has 396 valence electrons. The average Bonchev–Trinajstić information content (AvgIpc) is 3.98. The van der Waals surface area contributed by atoms with Gasteiger partial charge in [-0.25, -0.2) is 0 Å². The van der Waals surface area contributed by atoms with Crippen LogP contribution in [0.2, 0.25) is 0 Å². The summed E-state index contributed by atoms with van der Waals surface area (Å²) in [5.41, 5.74) is 7.69. The Hall–Kier alpha value is -5.26. The van der Waals surface area contributed by atoms with Crippen molar-refractivity contribution in [3.05, 3.63) is 169 Å². The molecule has 2 saturated heterocycles. The molecule has 0 amide bonds. The Kier molecular flexibility index (Phi) is 12.3. The molecule has 2 aliphatic heterocycles. The van der Waals surface area contributed by atoms with E-state index in [2.05, 4.69) is 195 Å². The second-order valence-corrected chi connectivity index (χ2v) is 27.5. The number of rotatable bonds is 5. The number of thiophene rings is 1. The van der Waals surface area contributed by atoms with Crippen molar-refractivity contribution in [2.75, 3.05) is 19.6 Å². The largest absolute Gasteiger partial charge is 0.361 e. The Morgan fingerprint density at radius 1 is 0.273 bits per heavy atom. The van der Waals surface area contributed by atoms with E-state index in [0.717, 1.165) is 47.3 Å². The van der Waals surface area contributed by atoms with Crippen molar-refractivity contribution in [2.24, 2.45) is 47.3 Å². The maximum absolute atomic E-state index is 3.13. The topological polar surface area (TPSA) is 13.0 Å². The molecule has 9 aliphatic rings. The lowest BCUT2D eigenvalue weighted by molar-refractivity contribution is -0.0953. The van der Waals surface area contributed by atoms with Gasteiger partial charge in [0.2, 0.25) is 0 Å². The highest BCUT2D eigenvalue weighted by molar-refractivity contribution is 7.26. The van der Waals surface area contributed by atoms with Crippen molar-refractivity contribution in [1.82, 2.24) is 0 Å². The van der Waals surface area contributed by atoms with Crippen LogP contribution in [-0.2, 0) is 0 Å². The maximum atomic E-state index is 3.13. The van der Waals surface area contributed by atoms with Crippen molar-refractivity contribution in [3.63, 3.8) is 0 Å². The quantitative estimate of drug-likeness (QED) is 0.159. The van der Waals surface area contributed by atoms with E-state index >= 15 is 0 Å². The molecular weight excluding hydrogens is 953 g/mol. The van der Waals surface area contributed by atoms with E-state index in [4.69, 9.17) is 0 Å². The van der Waals surface area contributed by atoms with E-state index in [1.54, 1.807) is 10.3 Å². The summed E-state index contributed by atoms with van der Waals surface area (Å²) in [6, 6.07) is 69.0. The van der Waals surface area contributed by atoms with Gasteiger partial charge in [-0.3, -0.25) is 0 Å². The number of nitrogens with zero attached hydrogens (tertiary/aromatic N) is 4. The van der Waals surface area contributed by atoms with Gasteiger partial charge in [0.25, 0.3) is 0 Å². The van der Waals surface area contributed by atoms with Crippen molar-refractivity contribution in [3.8, 4) is 0 Å². The average molecular weight is 1040 g/mol. The van der Waals surface area contributed by atoms with Crippen LogP contribution in [0.4, 0.5) is 22.7 Å². The van der Waals surface area contributed by atoms with Crippen LogP contribution in [0.3, 0.4) is 0 Å². The fraction of sp³-hybridized carbons (Fsp3) is 0.500. The van der Waals surface area contributed by atoms with Crippen LogP contribution in [-0.4, -0.2) is 48.3 Å². The third-order valence-electron chi connectivity index (χ3n) is 23.4. The number of para-hydroxylation sites is 4. The number of hydrogen-bond acceptors (Lipinski definition) is 5. The molecule has 7 saturated carbocycles. The molecule has 7 aliphatic carbocycles. The third-order valence-corrected chi connectivity index (χ3v) is 24.6. The smallest absolute Gasteiger partial charge is 0.0500 e. The standard InChI is InChI=1S/C72H82N4S/c1-5-22-48(23-6-1)73-63-35-16-17-36-64(63)75(50-26-9-3-10-27-50)69-45-61-55-41-40-47(52-33-21-34-57-56-32-15-20-39-71(56)77-72(52)57)42-58(55)62-46-70-68(44-60(62)54-31-14-13-30-53(54)59(61)43-67(69)73)74(49-24-7-2-8-25-49)65-37-18-19-38-66(65)76(70)51-28-11-4-12-29-51/h1-12,15,20-29,32-34,39,47,53-55,58-70H,13-14,16-19,30-31,35-38,40-46H2. The molecule has 0 bridgehead atoms. The van der Waals surface area contributed by atoms with Gasteiger partial charge in [0, 0.05) is 67.1 Å². The molecule has 77 heavy (non-hydrogen) atoms. The van der Waals surface area contributed by atoms with Crippen LogP contribution >= 0.6 is 11.3 Å². The molecule has 17 atom stereocenters. The number of hydrogen-bond donors (Lipinski definition) is 0. The van der Waals surface area contributed by atoms with Crippen LogP contribution in [0.1, 0.15) is 133 Å². The van der Waals surface area contributed by atoms with Crippen molar-refractivity contribution >= 4 is 54.3 Å². The number of piperazine rings is 2. The minimum absolute atomic E-state index is 0.507. The van der Waals surface area contributed by atoms with Crippen molar-refractivity contribution < 1.29 is 0 Å². The van der Waals surface area contributed by atoms with E-state index < -0.39 is 0 Å². The molecule has 16 rings (SSSR count). The molecule has 4 nitrogen and oxygen atoms in total. The van der Waals surface area contributed by atoms with Crippen LogP contribution in [0, 0.1) is 47.3 Å². The summed E-state index contributed by atoms with van der Waals surface area (Å²) in [5, 5.41) is 2.95. The van der Waals surface area contributed by atoms with Gasteiger partial charge in [-0.15, -0.1) is 11.3 Å². The molecule has 17 unspecified atom stereocenters. The summed E-state index contributed by atoms with van der Waals surface area (Å²) in [6.45, 7) is 0. The molecule has 0 radical (unpaired) electrons. The first kappa shape index (κ1) is 47.7. The molecule has 6 aromatic carbocycles. The summed E-state index contributed by atoms with van der Waals surface area (Å²) in [5.74, 6) is 6.75. The molecule has 1 aromatic heterocycles. The Morgan fingerprint density at radius 3 is 1.06 bits per heavy atom. The van der Waals surface area contributed by atoms with E-state index in [9.17, 15) is 0 Å². The van der Waals surface area contributed by atoms with Gasteiger partial charge in [-0.05, 0) is 197 Å². The molecule has 9 fully saturated rings. The third kappa shape index (κ3) is 7.90. The highest BCUT2D eigenvalue weighted by Gasteiger charge is 2.62. The summed E-state index contributed by atoms with van der Waals surface area (Å²) >= 11 is 2.09. The van der Waals surface area contributed by atoms with E-state index in [-0.39, 0.29) is 0 Å². The molecule has 7 aromatic rings. The normalized spacial score (nSPS) is 36.6. The Labute approximate surface area is 464 Å². The number of fused-ring (bicyclic) bond motifs is 15. The van der Waals surface area contributed by atoms with Crippen LogP contribution in [0.15, 0.2) is 164 Å². The van der Waals surface area contributed by atoms with Crippen LogP contribution in [0.25, 0.3) is 20.2 Å². The summed E-state index contributed by atoms with van der Waals surface area (Å²) in [7, 11) is 0. The first-order chi connectivity index (χ1) is 38.2. The van der Waals surface area contributed by atoms with Gasteiger partial charge in [0.15, 0.2) is 0 Å². The zero-order valence-electron chi connectivity index (χ0n) is 45.5. The summed E-state index contributed by atoms with van der Waals surface area (Å²) in [4.78, 5) is 12.5. The molecule has 0 N–H and O–H groups in total. The monoisotopic (exact) mass is 1030 g/mol. The second kappa shape index (κ2) is 19.8. The highest BCUT2D eigenvalue weighted by Crippen LogP contribution is 2.65. The van der Waals surface area contributed by atoms with Crippen molar-refractivity contribution in [2.45, 2.75) is 176 Å². The molecule has 0 spiro atoms. The summed E-state index contributed by atoms with van der Waals surface area (Å²) < 4.78 is 3.04. The van der Waals surface area contributed by atoms with Crippen molar-refractivity contribution in [1.29, 1.82) is 0 Å². The first-order valence-corrected chi connectivity index (χ1v) is 32.3. The molecule has 3 heterocycles. The van der Waals surface area contributed by atoms with Gasteiger partial charge in [-0.2, -0.15) is 0 Å². The van der Waals surface area contributed by atoms with E-state index in [1.165, 1.54) is 160 Å². The predicted molar refractivity (Wildman–Crippen MR) is 324 cm³/mol. The van der Waals surface area contributed by atoms with Gasteiger partial charge >= 0.3 is 0 Å². The SMILES string of the molecule is c1ccc(N2C3CCCCC3N(c3ccccc3)C3CC4C5CCC(c6cccc7c6sc6ccccc67)CC5C5CC6C(CC5C5CCCCC5C4CC32)N(c2ccccc2)C2CCCCC2N6c2ccccc2)cc1. The predicted octanol–water partition coefficient (Wildman–Crippen LogP) is 17.6. The lowest BCUT2D eigenvalue weighted by atomic mass is 9.45. The van der Waals surface area contributed by atoms with Crippen LogP contribution < -0.4 is 19.6 Å². The lowest BCUT2D eigenvalue weighted by Gasteiger charge is -2.67. The second-order valence-electron chi connectivity index (χ2n) is 26.4.